The highest BCUT2D eigenvalue weighted by atomic mass is 16.6. The molecule has 36 nitrogen and oxygen atoms in total. The van der Waals surface area contributed by atoms with Gasteiger partial charge in [0.05, 0.1) is 324 Å². The summed E-state index contributed by atoms with van der Waals surface area (Å²) < 4.78 is 144. The zero-order valence-corrected chi connectivity index (χ0v) is 72.0. The molecule has 0 aliphatic heterocycles. The van der Waals surface area contributed by atoms with E-state index in [0.717, 1.165) is 27.8 Å². The van der Waals surface area contributed by atoms with Crippen molar-refractivity contribution in [2.75, 3.05) is 349 Å². The Hall–Kier alpha value is -5.90. The molecule has 0 fully saturated rings. The molecule has 121 heavy (non-hydrogen) atoms. The number of nitrogens with one attached hydrogen (secondary N) is 4. The van der Waals surface area contributed by atoms with Crippen molar-refractivity contribution < 1.29 is 147 Å². The Morgan fingerprint density at radius 1 is 0.364 bits per heavy atom. The van der Waals surface area contributed by atoms with Crippen LogP contribution in [0.15, 0.2) is 66.7 Å². The van der Waals surface area contributed by atoms with Crippen LogP contribution in [0.5, 0.6) is 0 Å². The number of carbonyl (C=O) groups excluding carboxylic acids is 4. The normalized spacial score (nSPS) is 12.5. The number of aliphatic hydroxyl groups is 1. The van der Waals surface area contributed by atoms with Gasteiger partial charge in [0.15, 0.2) is 0 Å². The first-order valence-electron chi connectivity index (χ1n) is 42.5. The van der Waals surface area contributed by atoms with Gasteiger partial charge in [-0.15, -0.1) is 0 Å². The number of primary amides is 1. The number of methoxy groups -OCH3 is 1. The van der Waals surface area contributed by atoms with Crippen LogP contribution < -0.4 is 27.0 Å². The van der Waals surface area contributed by atoms with E-state index in [9.17, 15) is 24.3 Å². The lowest BCUT2D eigenvalue weighted by atomic mass is 9.98. The fourth-order valence-electron chi connectivity index (χ4n) is 11.3. The molecule has 0 saturated heterocycles. The van der Waals surface area contributed by atoms with E-state index in [4.69, 9.17) is 129 Å². The number of hydrogen-bond donors (Lipinski definition) is 6. The summed E-state index contributed by atoms with van der Waals surface area (Å²) in [7, 11) is 1.64. The number of benzene rings is 3. The molecule has 694 valence electrons. The Kier molecular flexibility index (Phi) is 70.0. The second-order valence-electron chi connectivity index (χ2n) is 27.1. The molecule has 0 unspecified atom stereocenters. The Balaban J connectivity index is 0.797. The van der Waals surface area contributed by atoms with Crippen molar-refractivity contribution in [1.82, 2.24) is 16.0 Å². The number of aryl methyl sites for hydroxylation is 1. The molecule has 7 N–H and O–H groups in total. The van der Waals surface area contributed by atoms with Gasteiger partial charge in [0.2, 0.25) is 11.8 Å². The molecule has 36 heteroatoms. The van der Waals surface area contributed by atoms with Gasteiger partial charge in [-0.3, -0.25) is 9.59 Å². The molecule has 0 spiro atoms. The average Bonchev–Trinajstić information content (AvgIpc) is 1.62. The van der Waals surface area contributed by atoms with Gasteiger partial charge >= 0.3 is 12.1 Å². The third-order valence-electron chi connectivity index (χ3n) is 17.5. The number of rotatable bonds is 89. The van der Waals surface area contributed by atoms with Crippen LogP contribution in [-0.2, 0) is 146 Å². The first kappa shape index (κ1) is 107. The van der Waals surface area contributed by atoms with Gasteiger partial charge in [-0.1, -0.05) is 68.4 Å². The quantitative estimate of drug-likeness (QED) is 0.0421. The summed E-state index contributed by atoms with van der Waals surface area (Å²) in [4.78, 5) is 52.5. The van der Waals surface area contributed by atoms with Crippen LogP contribution >= 0.6 is 0 Å². The van der Waals surface area contributed by atoms with Crippen molar-refractivity contribution in [1.29, 1.82) is 0 Å². The van der Waals surface area contributed by atoms with Crippen LogP contribution in [-0.4, -0.2) is 385 Å². The van der Waals surface area contributed by atoms with Crippen LogP contribution in [0.25, 0.3) is 11.1 Å². The molecule has 0 heterocycles. The number of carbonyl (C=O) groups is 4. The summed E-state index contributed by atoms with van der Waals surface area (Å²) in [5, 5.41) is 21.1. The van der Waals surface area contributed by atoms with Crippen LogP contribution in [0.1, 0.15) is 61.3 Å². The smallest absolute Gasteiger partial charge is 0.407 e. The van der Waals surface area contributed by atoms with Gasteiger partial charge in [0, 0.05) is 31.9 Å². The van der Waals surface area contributed by atoms with E-state index >= 15 is 0 Å². The summed E-state index contributed by atoms with van der Waals surface area (Å²) in [6.07, 6.45) is 0.869. The third kappa shape index (κ3) is 58.8. The second kappa shape index (κ2) is 78.8. The minimum Gasteiger partial charge on any atom is -0.449 e. The molecule has 0 saturated carbocycles. The summed E-state index contributed by atoms with van der Waals surface area (Å²) in [5.74, 6) is -1.64. The molecule has 5 amide bonds. The highest BCUT2D eigenvalue weighted by Gasteiger charge is 2.32. The highest BCUT2D eigenvalue weighted by Crippen LogP contribution is 2.44. The molecule has 3 aromatic carbocycles. The summed E-state index contributed by atoms with van der Waals surface area (Å²) in [6, 6.07) is 18.4. The maximum absolute atomic E-state index is 13.9. The zero-order valence-electron chi connectivity index (χ0n) is 72.0. The third-order valence-corrected chi connectivity index (χ3v) is 17.5. The minimum absolute atomic E-state index is 0.0629. The van der Waals surface area contributed by atoms with Crippen molar-refractivity contribution >= 4 is 29.6 Å². The monoisotopic (exact) mass is 1730 g/mol. The van der Waals surface area contributed by atoms with E-state index in [1.807, 2.05) is 48.5 Å². The van der Waals surface area contributed by atoms with Crippen molar-refractivity contribution in [3.8, 4) is 11.1 Å². The van der Waals surface area contributed by atoms with E-state index in [0.29, 0.717) is 354 Å². The Morgan fingerprint density at radius 2 is 0.661 bits per heavy atom. The maximum atomic E-state index is 13.9. The molecule has 2 atom stereocenters. The summed E-state index contributed by atoms with van der Waals surface area (Å²) in [6.45, 7) is 26.6. The SMILES string of the molecule is COCCOCCOCCOCCOCCOCCOCCOCCOCCOCCOCCOCCOCCOCCOCCOCCOCCOCCOCCOCCOCCOCCOCCOCCOCCCc1cc(NC(=O)[C@H](CCCNC(N)=O)NC(=O)[C@@H](NC(=O)OCC2c3ccccc3-c3ccccc32)C(C)C)ccc1CO. The van der Waals surface area contributed by atoms with Crippen molar-refractivity contribution in [2.24, 2.45) is 11.7 Å². The number of hydrogen-bond acceptors (Lipinski definition) is 31. The molecule has 3 aromatic rings. The average molecular weight is 1730 g/mol. The van der Waals surface area contributed by atoms with E-state index in [1.54, 1.807) is 39.2 Å². The van der Waals surface area contributed by atoms with Gasteiger partial charge < -0.3 is 155 Å². The standard InChI is InChI=1S/C85H143N5O31/c1-71(2)81(90-85(95)121-70-79-77-13-6-4-11-75(77)76-12-5-7-14-78(76)79)83(93)89-80(15-8-18-87-84(86)94)82(92)88-74-17-16-73(69-91)72(68-74)10-9-19-97-22-23-99-26-27-101-30-31-103-34-35-105-38-39-107-42-43-109-46-47-111-50-51-113-54-55-115-58-59-117-62-63-119-66-67-120-65-64-118-61-60-116-57-56-114-53-52-112-49-48-110-45-44-108-41-40-106-37-36-104-33-32-102-29-28-100-25-24-98-21-20-96-3/h4-7,11-14,16-17,68,71,79-81,91H,8-10,15,18-67,69-70H2,1-3H3,(H,88,92)(H,89,93)(H,90,95)(H3,86,87,94)/t80-,81-/m0/s1. The molecular formula is C85H143N5O31. The van der Waals surface area contributed by atoms with E-state index in [-0.39, 0.29) is 38.0 Å². The van der Waals surface area contributed by atoms with Crippen LogP contribution in [0.4, 0.5) is 15.3 Å². The summed E-state index contributed by atoms with van der Waals surface area (Å²) in [5.41, 5.74) is 11.5. The van der Waals surface area contributed by atoms with E-state index in [2.05, 4.69) is 21.3 Å². The number of fused-ring (bicyclic) bond motifs is 3. The lowest BCUT2D eigenvalue weighted by Crippen LogP contribution is -2.54. The van der Waals surface area contributed by atoms with Gasteiger partial charge in [-0.05, 0) is 77.1 Å². The molecule has 0 aromatic heterocycles. The molecule has 0 radical (unpaired) electrons. The number of anilines is 1. The fraction of sp³-hybridized carbons (Fsp3) is 0.741. The molecule has 1 aliphatic carbocycles. The first-order valence-corrected chi connectivity index (χ1v) is 42.5. The predicted octanol–water partition coefficient (Wildman–Crippen LogP) is 4.59. The maximum Gasteiger partial charge on any atom is 0.407 e. The molecular weight excluding hydrogens is 1590 g/mol. The lowest BCUT2D eigenvalue weighted by Gasteiger charge is -2.25. The highest BCUT2D eigenvalue weighted by molar-refractivity contribution is 5.98. The van der Waals surface area contributed by atoms with Crippen molar-refractivity contribution in [3.63, 3.8) is 0 Å². The number of ether oxygens (including phenoxy) is 26. The van der Waals surface area contributed by atoms with Gasteiger partial charge in [-0.2, -0.15) is 0 Å². The molecule has 4 rings (SSSR count). The zero-order chi connectivity index (χ0) is 86.2. The summed E-state index contributed by atoms with van der Waals surface area (Å²) >= 11 is 0. The van der Waals surface area contributed by atoms with Crippen molar-refractivity contribution in [3.05, 3.63) is 89.0 Å². The van der Waals surface area contributed by atoms with Crippen molar-refractivity contribution in [2.45, 2.75) is 64.1 Å². The number of urea groups is 1. The predicted molar refractivity (Wildman–Crippen MR) is 446 cm³/mol. The number of alkyl carbamates (subject to hydrolysis) is 1. The van der Waals surface area contributed by atoms with Gasteiger partial charge in [0.1, 0.15) is 18.7 Å². The molecule has 1 aliphatic rings. The van der Waals surface area contributed by atoms with Crippen LogP contribution in [0.3, 0.4) is 0 Å². The number of amides is 5. The first-order chi connectivity index (χ1) is 59.6. The lowest BCUT2D eigenvalue weighted by molar-refractivity contribution is -0.128. The van der Waals surface area contributed by atoms with E-state index in [1.165, 1.54) is 0 Å². The van der Waals surface area contributed by atoms with E-state index < -0.39 is 36.0 Å². The minimum atomic E-state index is -1.06. The Bertz CT molecular complexity index is 2890. The largest absolute Gasteiger partial charge is 0.449 e. The van der Waals surface area contributed by atoms with Crippen LogP contribution in [0, 0.1) is 5.92 Å². The number of nitrogens with two attached hydrogens (primary N) is 1. The molecule has 0 bridgehead atoms. The Morgan fingerprint density at radius 3 is 0.950 bits per heavy atom. The Labute approximate surface area is 715 Å². The fourth-order valence-corrected chi connectivity index (χ4v) is 11.3. The van der Waals surface area contributed by atoms with Gasteiger partial charge in [0.25, 0.3) is 0 Å². The van der Waals surface area contributed by atoms with Gasteiger partial charge in [-0.25, -0.2) is 9.59 Å². The topological polar surface area (TPSA) is 403 Å². The number of aliphatic hydroxyl groups excluding tert-OH is 1. The second-order valence-corrected chi connectivity index (χ2v) is 27.1. The van der Waals surface area contributed by atoms with Crippen LogP contribution in [0.2, 0.25) is 0 Å².